The van der Waals surface area contributed by atoms with Crippen molar-refractivity contribution in [1.82, 2.24) is 0 Å². The maximum atomic E-state index is 9.13. The molecule has 0 unspecified atom stereocenters. The molecule has 0 amide bonds. The van der Waals surface area contributed by atoms with Crippen LogP contribution >= 0.6 is 0 Å². The minimum atomic E-state index is -0.694. The quantitative estimate of drug-likeness (QED) is 0.405. The maximum absolute atomic E-state index is 9.13. The average Bonchev–Trinajstić information content (AvgIpc) is 1.37. The summed E-state index contributed by atoms with van der Waals surface area (Å²) in [5.41, 5.74) is 1.94. The molecule has 0 aromatic rings. The van der Waals surface area contributed by atoms with Crippen molar-refractivity contribution in [3.8, 4) is 0 Å². The zero-order valence-electron chi connectivity index (χ0n) is 2.62. The van der Waals surface area contributed by atoms with Crippen LogP contribution < -0.4 is 0 Å². The van der Waals surface area contributed by atoms with Gasteiger partial charge in [-0.2, -0.15) is 0 Å². The van der Waals surface area contributed by atoms with Crippen molar-refractivity contribution in [2.75, 3.05) is 0 Å². The number of rotatable bonds is 0. The fraction of sp³-hybridized carbons (Fsp3) is 0.500. The molecule has 1 nitrogen and oxygen atoms in total. The normalized spacial score (nSPS) is 3.25. The van der Waals surface area contributed by atoms with Crippen molar-refractivity contribution >= 4 is 4.47 Å². The van der Waals surface area contributed by atoms with Crippen molar-refractivity contribution in [3.05, 3.63) is 0 Å². The summed E-state index contributed by atoms with van der Waals surface area (Å²) in [4.78, 5) is 9.13. The average molecular weight is 108 g/mol. The van der Waals surface area contributed by atoms with Gasteiger partial charge in [-0.25, -0.2) is 0 Å². The molecule has 0 saturated heterocycles. The number of hydrogen-bond acceptors (Lipinski definition) is 1. The van der Waals surface area contributed by atoms with E-state index in [0.717, 1.165) is 0 Å². The van der Waals surface area contributed by atoms with Gasteiger partial charge < -0.3 is 0 Å². The van der Waals surface area contributed by atoms with Gasteiger partial charge in [0.25, 0.3) is 0 Å². The van der Waals surface area contributed by atoms with Gasteiger partial charge in [-0.1, -0.05) is 0 Å². The molecule has 0 saturated carbocycles. The van der Waals surface area contributed by atoms with E-state index in [2.05, 4.69) is 0 Å². The first-order valence-electron chi connectivity index (χ1n) is 1.26. The summed E-state index contributed by atoms with van der Waals surface area (Å²) >= 11 is -0.694. The Balaban J connectivity index is 3.11. The Hall–Kier alpha value is 0.203. The molecule has 0 atom stereocenters. The van der Waals surface area contributed by atoms with E-state index in [1.165, 1.54) is 0 Å². The van der Waals surface area contributed by atoms with Crippen LogP contribution in [0.1, 0.15) is 0 Å². The monoisotopic (exact) mass is 107 g/mol. The molecule has 0 N–H and O–H groups in total. The molecule has 0 aliphatic rings. The van der Waals surface area contributed by atoms with Crippen molar-refractivity contribution in [1.29, 1.82) is 0 Å². The Bertz CT molecular complexity index is 44.0. The van der Waals surface area contributed by atoms with E-state index in [-0.39, 0.29) is 0 Å². The molecule has 0 aromatic heterocycles. The summed E-state index contributed by atoms with van der Waals surface area (Å²) in [6.45, 7) is 0. The van der Waals surface area contributed by atoms with Crippen LogP contribution in [0.4, 0.5) is 0 Å². The van der Waals surface area contributed by atoms with E-state index in [4.69, 9.17) is 4.79 Å². The zero-order valence-corrected chi connectivity index (χ0v) is 5.58. The third-order valence-corrected chi connectivity index (χ3v) is 0.750. The fourth-order valence-corrected chi connectivity index (χ4v) is 0. The van der Waals surface area contributed by atoms with E-state index >= 15 is 0 Å². The molecule has 19 valence electrons. The molecule has 0 aliphatic heterocycles. The predicted molar refractivity (Wildman–Crippen MR) is 11.6 cm³/mol. The first-order chi connectivity index (χ1) is 1.91. The van der Waals surface area contributed by atoms with E-state index in [1.54, 1.807) is 0 Å². The van der Waals surface area contributed by atoms with Crippen molar-refractivity contribution < 1.29 is 21.5 Å². The van der Waals surface area contributed by atoms with Gasteiger partial charge in [0.2, 0.25) is 0 Å². The van der Waals surface area contributed by atoms with Gasteiger partial charge in [-0.15, -0.1) is 0 Å². The van der Waals surface area contributed by atoms with E-state index in [9.17, 15) is 0 Å². The van der Waals surface area contributed by atoms with Crippen LogP contribution in [0, 0.1) is 0 Å². The third-order valence-electron chi connectivity index (χ3n) is 0.144. The molecule has 0 aromatic carbocycles. The number of hydrogen-bond donors (Lipinski definition) is 0. The van der Waals surface area contributed by atoms with Crippen LogP contribution in [-0.4, -0.2) is 4.47 Å². The summed E-state index contributed by atoms with van der Waals surface area (Å²) in [6, 6.07) is 0. The third kappa shape index (κ3) is 2.20. The van der Waals surface area contributed by atoms with Gasteiger partial charge in [-0.05, 0) is 0 Å². The van der Waals surface area contributed by atoms with Crippen molar-refractivity contribution in [3.63, 3.8) is 0 Å². The summed E-state index contributed by atoms with van der Waals surface area (Å²) in [6.07, 6.45) is 0. The Morgan fingerprint density at radius 1 is 2.00 bits per heavy atom. The van der Waals surface area contributed by atoms with Gasteiger partial charge in [0.15, 0.2) is 0 Å². The molecule has 0 radical (unpaired) electrons. The Labute approximate surface area is 32.1 Å². The Kier molecular flexibility index (Phi) is 3.37. The summed E-state index contributed by atoms with van der Waals surface area (Å²) < 4.78 is 1.87. The first-order valence-corrected chi connectivity index (χ1v) is 5.72. The zero-order chi connectivity index (χ0) is 3.41. The minimum absolute atomic E-state index is 0.694. The molecule has 0 heterocycles. The molecule has 0 aliphatic carbocycles. The fourth-order valence-electron chi connectivity index (χ4n) is 0. The molecule has 0 fully saturated rings. The molecule has 2 heteroatoms. The van der Waals surface area contributed by atoms with Gasteiger partial charge in [0.05, 0.1) is 0 Å². The van der Waals surface area contributed by atoms with Crippen LogP contribution in [0.3, 0.4) is 0 Å². The molecule has 0 spiro atoms. The Morgan fingerprint density at radius 2 is 2.25 bits per heavy atom. The van der Waals surface area contributed by atoms with Crippen molar-refractivity contribution in [2.24, 2.45) is 0 Å². The van der Waals surface area contributed by atoms with Crippen LogP contribution in [0.25, 0.3) is 0 Å². The van der Waals surface area contributed by atoms with Crippen LogP contribution in [0.5, 0.6) is 0 Å². The first kappa shape index (κ1) is 4.20. The van der Waals surface area contributed by atoms with E-state index < -0.39 is 16.7 Å². The summed E-state index contributed by atoms with van der Waals surface area (Å²) in [5, 5.41) is 0. The van der Waals surface area contributed by atoms with E-state index in [0.29, 0.717) is 0 Å². The topological polar surface area (TPSA) is 17.1 Å². The molecule has 0 bridgehead atoms. The molecular weight excluding hydrogens is 105 g/mol. The molecule has 4 heavy (non-hydrogen) atoms. The van der Waals surface area contributed by atoms with E-state index in [1.807, 2.05) is 9.99 Å². The SMILES string of the molecule is [CH3][Zn]=[C]=O. The predicted octanol–water partition coefficient (Wildman–Crippen LogP) is 0.184. The van der Waals surface area contributed by atoms with Crippen LogP contribution in [0.2, 0.25) is 5.52 Å². The van der Waals surface area contributed by atoms with Gasteiger partial charge in [0.1, 0.15) is 0 Å². The second-order valence-electron chi connectivity index (χ2n) is 0.498. The molecule has 0 rings (SSSR count). The van der Waals surface area contributed by atoms with Gasteiger partial charge in [0, 0.05) is 0 Å². The number of carbonyl (C=O) groups excluding carboxylic acids is 1. The van der Waals surface area contributed by atoms with Gasteiger partial charge >= 0.3 is 31.5 Å². The summed E-state index contributed by atoms with van der Waals surface area (Å²) in [5.74, 6) is 0. The van der Waals surface area contributed by atoms with Crippen LogP contribution in [-0.2, 0) is 21.5 Å². The summed E-state index contributed by atoms with van der Waals surface area (Å²) in [7, 11) is 0. The Morgan fingerprint density at radius 3 is 2.25 bits per heavy atom. The van der Waals surface area contributed by atoms with Crippen LogP contribution in [0.15, 0.2) is 0 Å². The second-order valence-corrected chi connectivity index (χ2v) is 2.59. The second kappa shape index (κ2) is 3.20. The van der Waals surface area contributed by atoms with Crippen molar-refractivity contribution in [2.45, 2.75) is 5.52 Å². The van der Waals surface area contributed by atoms with Gasteiger partial charge in [-0.3, -0.25) is 0 Å². The standard InChI is InChI=1S/CO.CH3.Zn/c1-2;;/h;1H3;. The molecular formula is C2H3OZn.